The first-order valence-electron chi connectivity index (χ1n) is 7.20. The first-order valence-corrected chi connectivity index (χ1v) is 8.08. The van der Waals surface area contributed by atoms with E-state index in [9.17, 15) is 4.79 Å². The SMILES string of the molecule is CC(=O)N1CCO[C@@H]2CN(Cc3nccs3)CC[C@@H]2C1. The van der Waals surface area contributed by atoms with Crippen LogP contribution in [0.3, 0.4) is 0 Å². The Balaban J connectivity index is 1.59. The summed E-state index contributed by atoms with van der Waals surface area (Å²) in [4.78, 5) is 20.3. The highest BCUT2D eigenvalue weighted by molar-refractivity contribution is 7.09. The average Bonchev–Trinajstić information content (AvgIpc) is 2.83. The fraction of sp³-hybridized carbons (Fsp3) is 0.714. The van der Waals surface area contributed by atoms with Gasteiger partial charge in [0.25, 0.3) is 0 Å². The van der Waals surface area contributed by atoms with Gasteiger partial charge in [-0.05, 0) is 13.0 Å². The summed E-state index contributed by atoms with van der Waals surface area (Å²) in [5, 5.41) is 3.19. The highest BCUT2D eigenvalue weighted by Gasteiger charge is 2.34. The molecule has 0 aliphatic carbocycles. The highest BCUT2D eigenvalue weighted by atomic mass is 32.1. The fourth-order valence-electron chi connectivity index (χ4n) is 3.07. The summed E-state index contributed by atoms with van der Waals surface area (Å²) in [5.74, 6) is 0.647. The molecule has 2 aliphatic rings. The molecule has 0 N–H and O–H groups in total. The molecule has 3 heterocycles. The lowest BCUT2D eigenvalue weighted by Crippen LogP contribution is -2.46. The van der Waals surface area contributed by atoms with Gasteiger partial charge < -0.3 is 9.64 Å². The van der Waals surface area contributed by atoms with Crippen molar-refractivity contribution >= 4 is 17.2 Å². The lowest BCUT2D eigenvalue weighted by atomic mass is 9.93. The van der Waals surface area contributed by atoms with Crippen LogP contribution in [0.25, 0.3) is 0 Å². The van der Waals surface area contributed by atoms with Crippen molar-refractivity contribution in [1.29, 1.82) is 0 Å². The number of ether oxygens (including phenoxy) is 1. The summed E-state index contributed by atoms with van der Waals surface area (Å²) >= 11 is 1.71. The minimum absolute atomic E-state index is 0.166. The molecule has 3 rings (SSSR count). The number of carbonyl (C=O) groups is 1. The van der Waals surface area contributed by atoms with Gasteiger partial charge in [0.2, 0.25) is 5.91 Å². The van der Waals surface area contributed by atoms with Gasteiger partial charge in [0.1, 0.15) is 5.01 Å². The molecule has 110 valence electrons. The molecule has 2 saturated heterocycles. The lowest BCUT2D eigenvalue weighted by molar-refractivity contribution is -0.129. The normalized spacial score (nSPS) is 27.9. The van der Waals surface area contributed by atoms with Crippen molar-refractivity contribution < 1.29 is 9.53 Å². The number of aromatic nitrogens is 1. The number of hydrogen-bond donors (Lipinski definition) is 0. The van der Waals surface area contributed by atoms with Crippen LogP contribution in [0.4, 0.5) is 0 Å². The second kappa shape index (κ2) is 6.20. The van der Waals surface area contributed by atoms with E-state index in [4.69, 9.17) is 4.74 Å². The van der Waals surface area contributed by atoms with E-state index in [0.717, 1.165) is 39.1 Å². The molecule has 0 bridgehead atoms. The number of nitrogens with zero attached hydrogens (tertiary/aromatic N) is 3. The quantitative estimate of drug-likeness (QED) is 0.823. The predicted octanol–water partition coefficient (Wildman–Crippen LogP) is 1.21. The van der Waals surface area contributed by atoms with Gasteiger partial charge in [-0.2, -0.15) is 0 Å². The van der Waals surface area contributed by atoms with Crippen LogP contribution in [0.5, 0.6) is 0 Å². The largest absolute Gasteiger partial charge is 0.375 e. The van der Waals surface area contributed by atoms with E-state index in [1.54, 1.807) is 18.3 Å². The monoisotopic (exact) mass is 295 g/mol. The first kappa shape index (κ1) is 14.0. The number of thiazole rings is 1. The number of hydrogen-bond acceptors (Lipinski definition) is 5. The molecule has 2 atom stereocenters. The summed E-state index contributed by atoms with van der Waals surface area (Å²) in [6.07, 6.45) is 3.22. The van der Waals surface area contributed by atoms with Crippen LogP contribution in [-0.4, -0.2) is 59.6 Å². The highest BCUT2D eigenvalue weighted by Crippen LogP contribution is 2.25. The number of fused-ring (bicyclic) bond motifs is 1. The van der Waals surface area contributed by atoms with Crippen molar-refractivity contribution in [3.63, 3.8) is 0 Å². The molecule has 20 heavy (non-hydrogen) atoms. The van der Waals surface area contributed by atoms with Gasteiger partial charge in [-0.25, -0.2) is 4.98 Å². The van der Waals surface area contributed by atoms with Gasteiger partial charge in [0, 0.05) is 44.1 Å². The van der Waals surface area contributed by atoms with Gasteiger partial charge in [-0.1, -0.05) is 0 Å². The summed E-state index contributed by atoms with van der Waals surface area (Å²) < 4.78 is 5.98. The van der Waals surface area contributed by atoms with Crippen LogP contribution < -0.4 is 0 Å². The van der Waals surface area contributed by atoms with E-state index in [1.165, 1.54) is 5.01 Å². The van der Waals surface area contributed by atoms with E-state index in [2.05, 4.69) is 9.88 Å². The Morgan fingerprint density at radius 1 is 1.50 bits per heavy atom. The lowest BCUT2D eigenvalue weighted by Gasteiger charge is -2.37. The second-order valence-corrected chi connectivity index (χ2v) is 6.56. The molecular weight excluding hydrogens is 274 g/mol. The number of piperidine rings is 1. The van der Waals surface area contributed by atoms with Crippen LogP contribution in [0.1, 0.15) is 18.4 Å². The van der Waals surface area contributed by atoms with Crippen molar-refractivity contribution in [3.8, 4) is 0 Å². The van der Waals surface area contributed by atoms with Gasteiger partial charge in [0.15, 0.2) is 0 Å². The van der Waals surface area contributed by atoms with Crippen molar-refractivity contribution in [2.24, 2.45) is 5.92 Å². The molecule has 1 aromatic heterocycles. The molecule has 6 heteroatoms. The van der Waals surface area contributed by atoms with Crippen molar-refractivity contribution in [1.82, 2.24) is 14.8 Å². The molecule has 1 aromatic rings. The number of likely N-dealkylation sites (tertiary alicyclic amines) is 1. The zero-order valence-electron chi connectivity index (χ0n) is 11.8. The maximum atomic E-state index is 11.6. The molecule has 0 spiro atoms. The Hall–Kier alpha value is -0.980. The third-order valence-electron chi connectivity index (χ3n) is 4.22. The maximum absolute atomic E-state index is 11.6. The number of rotatable bonds is 2. The Kier molecular flexibility index (Phi) is 4.33. The van der Waals surface area contributed by atoms with E-state index in [1.807, 2.05) is 16.5 Å². The Labute approximate surface area is 123 Å². The second-order valence-electron chi connectivity index (χ2n) is 5.58. The van der Waals surface area contributed by atoms with E-state index in [-0.39, 0.29) is 12.0 Å². The molecule has 0 radical (unpaired) electrons. The summed E-state index contributed by atoms with van der Waals surface area (Å²) in [6.45, 7) is 6.83. The Bertz CT molecular complexity index is 451. The topological polar surface area (TPSA) is 45.7 Å². The van der Waals surface area contributed by atoms with E-state index in [0.29, 0.717) is 12.5 Å². The van der Waals surface area contributed by atoms with Crippen LogP contribution in [-0.2, 0) is 16.1 Å². The number of carbonyl (C=O) groups excluding carboxylic acids is 1. The van der Waals surface area contributed by atoms with E-state index >= 15 is 0 Å². The molecular formula is C14H21N3O2S. The summed E-state index contributed by atoms with van der Waals surface area (Å²) in [6, 6.07) is 0. The Morgan fingerprint density at radius 2 is 2.40 bits per heavy atom. The zero-order valence-corrected chi connectivity index (χ0v) is 12.6. The molecule has 0 unspecified atom stereocenters. The van der Waals surface area contributed by atoms with Crippen LogP contribution in [0.15, 0.2) is 11.6 Å². The summed E-state index contributed by atoms with van der Waals surface area (Å²) in [5.41, 5.74) is 0. The van der Waals surface area contributed by atoms with Crippen molar-refractivity contribution in [2.75, 3.05) is 32.8 Å². The smallest absolute Gasteiger partial charge is 0.219 e. The molecule has 0 saturated carbocycles. The van der Waals surface area contributed by atoms with Crippen molar-refractivity contribution in [2.45, 2.75) is 26.0 Å². The standard InChI is InChI=1S/C14H21N3O2S/c1-11(18)17-5-6-19-13-9-16(4-2-12(13)8-17)10-14-15-3-7-20-14/h3,7,12-13H,2,4-6,8-10H2,1H3/t12-,13-/m1/s1. The zero-order chi connectivity index (χ0) is 13.9. The van der Waals surface area contributed by atoms with E-state index < -0.39 is 0 Å². The predicted molar refractivity (Wildman–Crippen MR) is 77.5 cm³/mol. The van der Waals surface area contributed by atoms with Gasteiger partial charge in [-0.15, -0.1) is 11.3 Å². The fourth-order valence-corrected chi connectivity index (χ4v) is 3.72. The first-order chi connectivity index (χ1) is 9.72. The van der Waals surface area contributed by atoms with Crippen molar-refractivity contribution in [3.05, 3.63) is 16.6 Å². The minimum atomic E-state index is 0.166. The Morgan fingerprint density at radius 3 is 3.15 bits per heavy atom. The van der Waals surface area contributed by atoms with Crippen LogP contribution >= 0.6 is 11.3 Å². The minimum Gasteiger partial charge on any atom is -0.375 e. The summed E-state index contributed by atoms with van der Waals surface area (Å²) in [7, 11) is 0. The third kappa shape index (κ3) is 3.19. The maximum Gasteiger partial charge on any atom is 0.219 e. The van der Waals surface area contributed by atoms with Gasteiger partial charge >= 0.3 is 0 Å². The van der Waals surface area contributed by atoms with Gasteiger partial charge in [0.05, 0.1) is 19.3 Å². The van der Waals surface area contributed by atoms with Gasteiger partial charge in [-0.3, -0.25) is 9.69 Å². The number of amides is 1. The molecule has 5 nitrogen and oxygen atoms in total. The third-order valence-corrected chi connectivity index (χ3v) is 4.98. The van der Waals surface area contributed by atoms with Crippen LogP contribution in [0.2, 0.25) is 0 Å². The molecule has 2 fully saturated rings. The molecule has 1 amide bonds. The van der Waals surface area contributed by atoms with Crippen LogP contribution in [0, 0.1) is 5.92 Å². The average molecular weight is 295 g/mol. The molecule has 0 aromatic carbocycles. The molecule has 2 aliphatic heterocycles.